The van der Waals surface area contributed by atoms with Crippen molar-refractivity contribution in [3.63, 3.8) is 0 Å². The maximum Gasteiger partial charge on any atom is 0.251 e. The van der Waals surface area contributed by atoms with E-state index in [1.165, 1.54) is 0 Å². The maximum atomic E-state index is 11.7. The average molecular weight is 295 g/mol. The summed E-state index contributed by atoms with van der Waals surface area (Å²) >= 11 is 17.4. The Balaban J connectivity index is 2.44. The summed E-state index contributed by atoms with van der Waals surface area (Å²) in [5.41, 5.74) is 0.512. The first-order valence-corrected chi connectivity index (χ1v) is 6.57. The Kier molecular flexibility index (Phi) is 6.10. The van der Waals surface area contributed by atoms with Crippen molar-refractivity contribution in [2.24, 2.45) is 0 Å². The van der Waals surface area contributed by atoms with E-state index in [-0.39, 0.29) is 11.3 Å². The van der Waals surface area contributed by atoms with Gasteiger partial charge in [0, 0.05) is 17.5 Å². The number of alkyl halides is 1. The zero-order valence-corrected chi connectivity index (χ0v) is 11.7. The number of benzene rings is 1. The fourth-order valence-corrected chi connectivity index (χ4v) is 1.78. The number of halogens is 3. The second-order valence-electron chi connectivity index (χ2n) is 3.81. The first kappa shape index (κ1) is 14.6. The number of carbonyl (C=O) groups excluding carboxylic acids is 1. The van der Waals surface area contributed by atoms with Gasteiger partial charge in [-0.2, -0.15) is 0 Å². The standard InChI is InChI=1S/C12H14Cl3NO/c1-8(13)3-2-6-16-12(17)9-4-5-10(14)11(15)7-9/h4-5,7-8H,2-3,6H2,1H3,(H,16,17). The maximum absolute atomic E-state index is 11.7. The van der Waals surface area contributed by atoms with Crippen LogP contribution in [0, 0.1) is 0 Å². The summed E-state index contributed by atoms with van der Waals surface area (Å²) in [5, 5.41) is 3.76. The molecule has 1 aromatic carbocycles. The van der Waals surface area contributed by atoms with Crippen LogP contribution in [0.1, 0.15) is 30.1 Å². The molecule has 94 valence electrons. The van der Waals surface area contributed by atoms with Crippen LogP contribution in [0.15, 0.2) is 18.2 Å². The van der Waals surface area contributed by atoms with Gasteiger partial charge in [0.05, 0.1) is 10.0 Å². The Morgan fingerprint density at radius 3 is 2.65 bits per heavy atom. The van der Waals surface area contributed by atoms with Crippen LogP contribution in [0.5, 0.6) is 0 Å². The van der Waals surface area contributed by atoms with Crippen LogP contribution in [-0.2, 0) is 0 Å². The van der Waals surface area contributed by atoms with Gasteiger partial charge < -0.3 is 5.32 Å². The van der Waals surface area contributed by atoms with Crippen molar-refractivity contribution in [2.75, 3.05) is 6.54 Å². The van der Waals surface area contributed by atoms with Gasteiger partial charge >= 0.3 is 0 Å². The minimum Gasteiger partial charge on any atom is -0.352 e. The normalized spacial score (nSPS) is 12.2. The van der Waals surface area contributed by atoms with Gasteiger partial charge in [0.15, 0.2) is 0 Å². The highest BCUT2D eigenvalue weighted by Gasteiger charge is 2.07. The lowest BCUT2D eigenvalue weighted by Crippen LogP contribution is -2.24. The molecule has 17 heavy (non-hydrogen) atoms. The SMILES string of the molecule is CC(Cl)CCCNC(=O)c1ccc(Cl)c(Cl)c1. The van der Waals surface area contributed by atoms with Crippen LogP contribution in [0.3, 0.4) is 0 Å². The zero-order valence-electron chi connectivity index (χ0n) is 9.47. The first-order valence-electron chi connectivity index (χ1n) is 5.38. The second-order valence-corrected chi connectivity index (χ2v) is 5.37. The van der Waals surface area contributed by atoms with E-state index in [1.54, 1.807) is 18.2 Å². The molecule has 1 rings (SSSR count). The zero-order chi connectivity index (χ0) is 12.8. The van der Waals surface area contributed by atoms with Crippen LogP contribution in [0.2, 0.25) is 10.0 Å². The molecule has 0 radical (unpaired) electrons. The fourth-order valence-electron chi connectivity index (χ4n) is 1.32. The molecule has 1 N–H and O–H groups in total. The third-order valence-electron chi connectivity index (χ3n) is 2.25. The van der Waals surface area contributed by atoms with E-state index < -0.39 is 0 Å². The van der Waals surface area contributed by atoms with Gasteiger partial charge in [-0.1, -0.05) is 23.2 Å². The van der Waals surface area contributed by atoms with E-state index in [0.29, 0.717) is 22.2 Å². The summed E-state index contributed by atoms with van der Waals surface area (Å²) in [7, 11) is 0. The molecule has 0 aliphatic carbocycles. The Hall–Kier alpha value is -0.440. The van der Waals surface area contributed by atoms with Gasteiger partial charge in [-0.25, -0.2) is 0 Å². The third kappa shape index (κ3) is 5.15. The molecule has 0 aromatic heterocycles. The van der Waals surface area contributed by atoms with Crippen LogP contribution >= 0.6 is 34.8 Å². The lowest BCUT2D eigenvalue weighted by molar-refractivity contribution is 0.0953. The lowest BCUT2D eigenvalue weighted by Gasteiger charge is -2.06. The van der Waals surface area contributed by atoms with E-state index >= 15 is 0 Å². The highest BCUT2D eigenvalue weighted by molar-refractivity contribution is 6.42. The molecule has 0 heterocycles. The minimum absolute atomic E-state index is 0.136. The fraction of sp³-hybridized carbons (Fsp3) is 0.417. The Labute approximate surface area is 116 Å². The minimum atomic E-state index is -0.147. The van der Waals surface area contributed by atoms with Gasteiger partial charge in [0.2, 0.25) is 0 Å². The molecule has 0 spiro atoms. The van der Waals surface area contributed by atoms with Crippen LogP contribution < -0.4 is 5.32 Å². The number of rotatable bonds is 5. The Bertz CT molecular complexity index is 393. The summed E-state index contributed by atoms with van der Waals surface area (Å²) in [6.07, 6.45) is 1.74. The molecule has 0 fully saturated rings. The van der Waals surface area contributed by atoms with E-state index in [2.05, 4.69) is 5.32 Å². The number of hydrogen-bond acceptors (Lipinski definition) is 1. The molecule has 0 aliphatic rings. The number of amides is 1. The van der Waals surface area contributed by atoms with Crippen molar-refractivity contribution in [1.82, 2.24) is 5.32 Å². The summed E-state index contributed by atoms with van der Waals surface area (Å²) in [6.45, 7) is 2.54. The second kappa shape index (κ2) is 7.10. The smallest absolute Gasteiger partial charge is 0.251 e. The van der Waals surface area contributed by atoms with Crippen LogP contribution in [0.25, 0.3) is 0 Å². The largest absolute Gasteiger partial charge is 0.352 e. The molecule has 1 unspecified atom stereocenters. The van der Waals surface area contributed by atoms with E-state index in [1.807, 2.05) is 6.92 Å². The Morgan fingerprint density at radius 1 is 1.35 bits per heavy atom. The summed E-state index contributed by atoms with van der Waals surface area (Å²) in [5.74, 6) is -0.147. The van der Waals surface area contributed by atoms with E-state index in [4.69, 9.17) is 34.8 Å². The van der Waals surface area contributed by atoms with Gasteiger partial charge in [-0.3, -0.25) is 4.79 Å². The summed E-state index contributed by atoms with van der Waals surface area (Å²) in [6, 6.07) is 4.82. The number of hydrogen-bond donors (Lipinski definition) is 1. The molecule has 0 bridgehead atoms. The molecule has 5 heteroatoms. The third-order valence-corrected chi connectivity index (χ3v) is 3.20. The molecule has 1 amide bonds. The summed E-state index contributed by atoms with van der Waals surface area (Å²) < 4.78 is 0. The summed E-state index contributed by atoms with van der Waals surface area (Å²) in [4.78, 5) is 11.7. The van der Waals surface area contributed by atoms with Gasteiger partial charge in [-0.05, 0) is 38.0 Å². The van der Waals surface area contributed by atoms with Crippen molar-refractivity contribution in [3.8, 4) is 0 Å². The predicted octanol–water partition coefficient (Wildman–Crippen LogP) is 4.13. The van der Waals surface area contributed by atoms with E-state index in [0.717, 1.165) is 12.8 Å². The van der Waals surface area contributed by atoms with Crippen LogP contribution in [-0.4, -0.2) is 17.8 Å². The quantitative estimate of drug-likeness (QED) is 0.642. The lowest BCUT2D eigenvalue weighted by atomic mass is 10.2. The highest BCUT2D eigenvalue weighted by atomic mass is 35.5. The molecule has 1 aromatic rings. The molecular formula is C12H14Cl3NO. The molecule has 0 aliphatic heterocycles. The highest BCUT2D eigenvalue weighted by Crippen LogP contribution is 2.22. The molecule has 1 atom stereocenters. The first-order chi connectivity index (χ1) is 8.00. The molecule has 0 saturated carbocycles. The monoisotopic (exact) mass is 293 g/mol. The molecular weight excluding hydrogens is 280 g/mol. The van der Waals surface area contributed by atoms with E-state index in [9.17, 15) is 4.79 Å². The van der Waals surface area contributed by atoms with Crippen molar-refractivity contribution in [1.29, 1.82) is 0 Å². The van der Waals surface area contributed by atoms with Gasteiger partial charge in [0.1, 0.15) is 0 Å². The molecule has 2 nitrogen and oxygen atoms in total. The molecule has 0 saturated heterocycles. The Morgan fingerprint density at radius 2 is 2.06 bits per heavy atom. The van der Waals surface area contributed by atoms with Gasteiger partial charge in [-0.15, -0.1) is 11.6 Å². The van der Waals surface area contributed by atoms with Crippen LogP contribution in [0.4, 0.5) is 0 Å². The van der Waals surface area contributed by atoms with Crippen molar-refractivity contribution >= 4 is 40.7 Å². The predicted molar refractivity (Wildman–Crippen MR) is 73.3 cm³/mol. The van der Waals surface area contributed by atoms with Crippen molar-refractivity contribution in [2.45, 2.75) is 25.1 Å². The number of nitrogens with one attached hydrogen (secondary N) is 1. The number of carbonyl (C=O) groups is 1. The van der Waals surface area contributed by atoms with Gasteiger partial charge in [0.25, 0.3) is 5.91 Å². The van der Waals surface area contributed by atoms with Crippen molar-refractivity contribution < 1.29 is 4.79 Å². The van der Waals surface area contributed by atoms with Crippen molar-refractivity contribution in [3.05, 3.63) is 33.8 Å². The average Bonchev–Trinajstić information content (AvgIpc) is 2.27. The topological polar surface area (TPSA) is 29.1 Å².